The molecule has 6 nitrogen and oxygen atoms in total. The number of carbonyl (C=O) groups is 1. The Kier molecular flexibility index (Phi) is 4.32. The summed E-state index contributed by atoms with van der Waals surface area (Å²) in [4.78, 5) is 15.2. The van der Waals surface area contributed by atoms with Crippen molar-refractivity contribution in [1.82, 2.24) is 20.5 Å². The molecule has 0 aliphatic rings. The smallest absolute Gasteiger partial charge is 0.405 e. The van der Waals surface area contributed by atoms with Gasteiger partial charge in [-0.05, 0) is 12.1 Å². The molecular formula is C10H9F3N4O2S. The normalized spacial score (nSPS) is 11.6. The number of amides is 1. The summed E-state index contributed by atoms with van der Waals surface area (Å²) < 4.78 is 40.7. The Balaban J connectivity index is 1.81. The van der Waals surface area contributed by atoms with Gasteiger partial charge in [0.05, 0.1) is 12.0 Å². The number of hydrogen-bond acceptors (Lipinski definition) is 5. The van der Waals surface area contributed by atoms with Crippen LogP contribution in [-0.4, -0.2) is 39.6 Å². The van der Waals surface area contributed by atoms with E-state index in [0.717, 1.165) is 11.8 Å². The molecule has 2 aromatic rings. The van der Waals surface area contributed by atoms with E-state index in [-0.39, 0.29) is 10.9 Å². The Hall–Kier alpha value is -1.97. The quantitative estimate of drug-likeness (QED) is 0.823. The van der Waals surface area contributed by atoms with Gasteiger partial charge in [0.15, 0.2) is 11.6 Å². The molecule has 0 aromatic carbocycles. The van der Waals surface area contributed by atoms with Gasteiger partial charge in [0.25, 0.3) is 0 Å². The van der Waals surface area contributed by atoms with Crippen molar-refractivity contribution in [2.24, 2.45) is 0 Å². The third-order valence-corrected chi connectivity index (χ3v) is 2.89. The minimum atomic E-state index is -4.42. The van der Waals surface area contributed by atoms with Gasteiger partial charge >= 0.3 is 6.18 Å². The van der Waals surface area contributed by atoms with Crippen LogP contribution in [0.4, 0.5) is 13.2 Å². The van der Waals surface area contributed by atoms with Crippen LogP contribution in [0.15, 0.2) is 28.0 Å². The largest absolute Gasteiger partial charge is 0.461 e. The van der Waals surface area contributed by atoms with Crippen LogP contribution >= 0.6 is 11.8 Å². The van der Waals surface area contributed by atoms with E-state index >= 15 is 0 Å². The monoisotopic (exact) mass is 306 g/mol. The predicted octanol–water partition coefficient (Wildman–Crippen LogP) is 1.84. The molecule has 0 aliphatic heterocycles. The molecule has 0 spiro atoms. The fourth-order valence-corrected chi connectivity index (χ4v) is 1.84. The molecule has 20 heavy (non-hydrogen) atoms. The first kappa shape index (κ1) is 14.4. The van der Waals surface area contributed by atoms with E-state index in [4.69, 9.17) is 4.42 Å². The SMILES string of the molecule is O=C(CSc1n[nH]c(-c2ccco2)n1)NCC(F)(F)F. The van der Waals surface area contributed by atoms with Gasteiger partial charge < -0.3 is 9.73 Å². The molecule has 0 radical (unpaired) electrons. The lowest BCUT2D eigenvalue weighted by atomic mass is 10.4. The first-order valence-electron chi connectivity index (χ1n) is 5.36. The minimum Gasteiger partial charge on any atom is -0.461 e. The Labute approximate surface area is 115 Å². The van der Waals surface area contributed by atoms with Crippen molar-refractivity contribution >= 4 is 17.7 Å². The average molecular weight is 306 g/mol. The number of nitrogens with one attached hydrogen (secondary N) is 2. The lowest BCUT2D eigenvalue weighted by Crippen LogP contribution is -2.34. The summed E-state index contributed by atoms with van der Waals surface area (Å²) in [5.41, 5.74) is 0. The van der Waals surface area contributed by atoms with E-state index in [1.54, 1.807) is 17.4 Å². The lowest BCUT2D eigenvalue weighted by molar-refractivity contribution is -0.136. The summed E-state index contributed by atoms with van der Waals surface area (Å²) in [5.74, 6) is -0.0818. The summed E-state index contributed by atoms with van der Waals surface area (Å²) in [6, 6.07) is 3.35. The number of alkyl halides is 3. The zero-order valence-electron chi connectivity index (χ0n) is 9.90. The maximum atomic E-state index is 11.9. The molecule has 2 rings (SSSR count). The van der Waals surface area contributed by atoms with Crippen LogP contribution in [0.1, 0.15) is 0 Å². The second kappa shape index (κ2) is 5.99. The van der Waals surface area contributed by atoms with E-state index in [1.165, 1.54) is 6.26 Å². The van der Waals surface area contributed by atoms with Crippen LogP contribution in [0.3, 0.4) is 0 Å². The summed E-state index contributed by atoms with van der Waals surface area (Å²) in [7, 11) is 0. The molecule has 108 valence electrons. The van der Waals surface area contributed by atoms with E-state index in [0.29, 0.717) is 11.6 Å². The number of nitrogens with zero attached hydrogens (tertiary/aromatic N) is 2. The van der Waals surface area contributed by atoms with Gasteiger partial charge in [-0.3, -0.25) is 9.89 Å². The third kappa shape index (κ3) is 4.30. The summed E-state index contributed by atoms with van der Waals surface area (Å²) in [5, 5.41) is 8.43. The molecule has 0 fully saturated rings. The van der Waals surface area contributed by atoms with Crippen molar-refractivity contribution < 1.29 is 22.4 Å². The molecule has 0 saturated carbocycles. The number of H-pyrrole nitrogens is 1. The first-order chi connectivity index (χ1) is 9.44. The molecule has 0 aliphatic carbocycles. The molecule has 0 atom stereocenters. The first-order valence-corrected chi connectivity index (χ1v) is 6.35. The van der Waals surface area contributed by atoms with Gasteiger partial charge in [-0.2, -0.15) is 18.2 Å². The molecule has 0 saturated heterocycles. The average Bonchev–Trinajstić information content (AvgIpc) is 3.03. The van der Waals surface area contributed by atoms with Gasteiger partial charge in [-0.25, -0.2) is 0 Å². The predicted molar refractivity (Wildman–Crippen MR) is 63.9 cm³/mol. The minimum absolute atomic E-state index is 0.203. The molecular weight excluding hydrogens is 297 g/mol. The Morgan fingerprint density at radius 2 is 2.30 bits per heavy atom. The van der Waals surface area contributed by atoms with Crippen LogP contribution < -0.4 is 5.32 Å². The highest BCUT2D eigenvalue weighted by Gasteiger charge is 2.27. The molecule has 2 N–H and O–H groups in total. The van der Waals surface area contributed by atoms with Crippen molar-refractivity contribution in [3.8, 4) is 11.6 Å². The van der Waals surface area contributed by atoms with Crippen LogP contribution in [0.2, 0.25) is 0 Å². The molecule has 2 heterocycles. The Bertz CT molecular complexity index is 567. The van der Waals surface area contributed by atoms with Crippen LogP contribution in [-0.2, 0) is 4.79 Å². The van der Waals surface area contributed by atoms with Crippen LogP contribution in [0, 0.1) is 0 Å². The van der Waals surface area contributed by atoms with E-state index in [9.17, 15) is 18.0 Å². The van der Waals surface area contributed by atoms with Crippen molar-refractivity contribution in [2.45, 2.75) is 11.3 Å². The molecule has 0 bridgehead atoms. The van der Waals surface area contributed by atoms with Crippen molar-refractivity contribution in [1.29, 1.82) is 0 Å². The highest BCUT2D eigenvalue weighted by molar-refractivity contribution is 7.99. The maximum absolute atomic E-state index is 11.9. The van der Waals surface area contributed by atoms with Crippen LogP contribution in [0.25, 0.3) is 11.6 Å². The summed E-state index contributed by atoms with van der Waals surface area (Å²) in [6.45, 7) is -1.35. The van der Waals surface area contributed by atoms with Crippen LogP contribution in [0.5, 0.6) is 0 Å². The number of rotatable bonds is 5. The van der Waals surface area contributed by atoms with Gasteiger partial charge in [-0.1, -0.05) is 11.8 Å². The second-order valence-electron chi connectivity index (χ2n) is 3.62. The standard InChI is InChI=1S/C10H9F3N4O2S/c11-10(12,13)5-14-7(18)4-20-9-15-8(16-17-9)6-2-1-3-19-6/h1-3H,4-5H2,(H,14,18)(H,15,16,17). The van der Waals surface area contributed by atoms with Gasteiger partial charge in [0, 0.05) is 0 Å². The van der Waals surface area contributed by atoms with Crippen molar-refractivity contribution in [2.75, 3.05) is 12.3 Å². The zero-order valence-corrected chi connectivity index (χ0v) is 10.7. The summed E-state index contributed by atoms with van der Waals surface area (Å²) >= 11 is 0.923. The molecule has 2 aromatic heterocycles. The van der Waals surface area contributed by atoms with Gasteiger partial charge in [-0.15, -0.1) is 5.10 Å². The van der Waals surface area contributed by atoms with Crippen molar-refractivity contribution in [3.05, 3.63) is 18.4 Å². The van der Waals surface area contributed by atoms with Gasteiger partial charge in [0.2, 0.25) is 11.1 Å². The number of thioether (sulfide) groups is 1. The van der Waals surface area contributed by atoms with E-state index in [2.05, 4.69) is 15.2 Å². The third-order valence-electron chi connectivity index (χ3n) is 2.04. The van der Waals surface area contributed by atoms with E-state index < -0.39 is 18.6 Å². The lowest BCUT2D eigenvalue weighted by Gasteiger charge is -2.07. The fourth-order valence-electron chi connectivity index (χ4n) is 1.21. The maximum Gasteiger partial charge on any atom is 0.405 e. The number of carbonyl (C=O) groups excluding carboxylic acids is 1. The topological polar surface area (TPSA) is 83.8 Å². The highest BCUT2D eigenvalue weighted by Crippen LogP contribution is 2.19. The molecule has 1 amide bonds. The number of halogens is 3. The second-order valence-corrected chi connectivity index (χ2v) is 4.57. The van der Waals surface area contributed by atoms with Crippen molar-refractivity contribution in [3.63, 3.8) is 0 Å². The van der Waals surface area contributed by atoms with Gasteiger partial charge in [0.1, 0.15) is 6.54 Å². The Morgan fingerprint density at radius 1 is 1.50 bits per heavy atom. The number of aromatic nitrogens is 3. The molecule has 0 unspecified atom stereocenters. The number of aromatic amines is 1. The zero-order chi connectivity index (χ0) is 14.6. The molecule has 10 heteroatoms. The Morgan fingerprint density at radius 3 is 2.95 bits per heavy atom. The number of furan rings is 1. The fraction of sp³-hybridized carbons (Fsp3) is 0.300. The number of hydrogen-bond donors (Lipinski definition) is 2. The highest BCUT2D eigenvalue weighted by atomic mass is 32.2. The van der Waals surface area contributed by atoms with E-state index in [1.807, 2.05) is 0 Å². The summed E-state index contributed by atoms with van der Waals surface area (Å²) in [6.07, 6.45) is -2.95.